The lowest BCUT2D eigenvalue weighted by Crippen LogP contribution is -2.15. The summed E-state index contributed by atoms with van der Waals surface area (Å²) in [5.41, 5.74) is -0.817. The zero-order chi connectivity index (χ0) is 25.1. The van der Waals surface area contributed by atoms with Crippen LogP contribution in [0.4, 0.5) is 30.2 Å². The van der Waals surface area contributed by atoms with Gasteiger partial charge in [-0.2, -0.15) is 13.2 Å². The standard InChI is InChI=1S/C21H18F3N3O5S2/c1-14(28)25-16-5-9-19(10-6-16)33(29,30)26-17-7-11-20(12-8-17)34(31,32)27-18-4-2-3-15(13-18)21(22,23)24/h2-13,26-27H,1H3,(H,25,28). The predicted octanol–water partition coefficient (Wildman–Crippen LogP) is 4.27. The molecule has 0 fully saturated rings. The van der Waals surface area contributed by atoms with E-state index in [0.29, 0.717) is 11.8 Å². The summed E-state index contributed by atoms with van der Waals surface area (Å²) in [6.45, 7) is 1.31. The van der Waals surface area contributed by atoms with Gasteiger partial charge in [-0.3, -0.25) is 14.2 Å². The van der Waals surface area contributed by atoms with Crippen LogP contribution in [-0.2, 0) is 31.0 Å². The summed E-state index contributed by atoms with van der Waals surface area (Å²) >= 11 is 0. The molecule has 3 N–H and O–H groups in total. The molecular weight excluding hydrogens is 495 g/mol. The summed E-state index contributed by atoms with van der Waals surface area (Å²) in [5, 5.41) is 2.51. The molecule has 1 amide bonds. The Kier molecular flexibility index (Phi) is 6.89. The number of hydrogen-bond acceptors (Lipinski definition) is 5. The summed E-state index contributed by atoms with van der Waals surface area (Å²) < 4.78 is 93.0. The summed E-state index contributed by atoms with van der Waals surface area (Å²) in [6, 6.07) is 13.7. The van der Waals surface area contributed by atoms with E-state index >= 15 is 0 Å². The van der Waals surface area contributed by atoms with Crippen molar-refractivity contribution in [3.8, 4) is 0 Å². The Morgan fingerprint density at radius 3 is 1.65 bits per heavy atom. The zero-order valence-electron chi connectivity index (χ0n) is 17.4. The van der Waals surface area contributed by atoms with E-state index in [-0.39, 0.29) is 27.1 Å². The highest BCUT2D eigenvalue weighted by Crippen LogP contribution is 2.31. The first-order chi connectivity index (χ1) is 15.8. The number of carbonyl (C=O) groups excluding carboxylic acids is 1. The molecule has 8 nitrogen and oxygen atoms in total. The molecule has 180 valence electrons. The van der Waals surface area contributed by atoms with Crippen molar-refractivity contribution in [2.75, 3.05) is 14.8 Å². The van der Waals surface area contributed by atoms with E-state index in [1.807, 2.05) is 0 Å². The van der Waals surface area contributed by atoms with Crippen molar-refractivity contribution in [1.29, 1.82) is 0 Å². The molecule has 3 aromatic carbocycles. The van der Waals surface area contributed by atoms with Crippen LogP contribution in [0.3, 0.4) is 0 Å². The molecule has 0 radical (unpaired) electrons. The van der Waals surface area contributed by atoms with E-state index in [1.165, 1.54) is 49.4 Å². The number of alkyl halides is 3. The fourth-order valence-corrected chi connectivity index (χ4v) is 4.92. The van der Waals surface area contributed by atoms with Crippen LogP contribution in [0.25, 0.3) is 0 Å². The quantitative estimate of drug-likeness (QED) is 0.436. The Labute approximate surface area is 193 Å². The average Bonchev–Trinajstić information content (AvgIpc) is 2.73. The number of rotatable bonds is 7. The highest BCUT2D eigenvalue weighted by molar-refractivity contribution is 7.93. The topological polar surface area (TPSA) is 121 Å². The maximum Gasteiger partial charge on any atom is 0.416 e. The Bertz CT molecular complexity index is 1410. The van der Waals surface area contributed by atoms with Gasteiger partial charge in [-0.1, -0.05) is 6.07 Å². The van der Waals surface area contributed by atoms with Crippen LogP contribution in [0.2, 0.25) is 0 Å². The Hall–Kier alpha value is -3.58. The molecule has 0 bridgehead atoms. The van der Waals surface area contributed by atoms with Gasteiger partial charge < -0.3 is 5.32 Å². The SMILES string of the molecule is CC(=O)Nc1ccc(S(=O)(=O)Nc2ccc(S(=O)(=O)Nc3cccc(C(F)(F)F)c3)cc2)cc1. The molecule has 0 saturated heterocycles. The minimum absolute atomic E-state index is 0.0592. The molecule has 0 atom stereocenters. The third-order valence-electron chi connectivity index (χ3n) is 4.34. The van der Waals surface area contributed by atoms with E-state index in [1.54, 1.807) is 0 Å². The van der Waals surface area contributed by atoms with Crippen molar-refractivity contribution < 1.29 is 34.8 Å². The molecule has 0 spiro atoms. The van der Waals surface area contributed by atoms with Crippen molar-refractivity contribution in [2.45, 2.75) is 22.9 Å². The lowest BCUT2D eigenvalue weighted by molar-refractivity contribution is -0.137. The number of anilines is 3. The van der Waals surface area contributed by atoms with Crippen molar-refractivity contribution in [3.63, 3.8) is 0 Å². The second-order valence-electron chi connectivity index (χ2n) is 7.02. The summed E-state index contributed by atoms with van der Waals surface area (Å²) in [6.07, 6.45) is -4.63. The van der Waals surface area contributed by atoms with Crippen LogP contribution < -0.4 is 14.8 Å². The van der Waals surface area contributed by atoms with Crippen molar-refractivity contribution in [3.05, 3.63) is 78.4 Å². The largest absolute Gasteiger partial charge is 0.416 e. The van der Waals surface area contributed by atoms with Crippen LogP contribution in [0.1, 0.15) is 12.5 Å². The molecular formula is C21H18F3N3O5S2. The fourth-order valence-electron chi connectivity index (χ4n) is 2.81. The Morgan fingerprint density at radius 1 is 0.706 bits per heavy atom. The first-order valence-corrected chi connectivity index (χ1v) is 12.4. The lowest BCUT2D eigenvalue weighted by Gasteiger charge is -2.12. The van der Waals surface area contributed by atoms with Crippen LogP contribution in [0.15, 0.2) is 82.6 Å². The van der Waals surface area contributed by atoms with E-state index in [4.69, 9.17) is 0 Å². The van der Waals surface area contributed by atoms with Gasteiger partial charge >= 0.3 is 6.18 Å². The highest BCUT2D eigenvalue weighted by atomic mass is 32.2. The van der Waals surface area contributed by atoms with E-state index in [0.717, 1.165) is 24.3 Å². The molecule has 0 aromatic heterocycles. The predicted molar refractivity (Wildman–Crippen MR) is 120 cm³/mol. The molecule has 0 saturated carbocycles. The van der Waals surface area contributed by atoms with Crippen molar-refractivity contribution in [2.24, 2.45) is 0 Å². The fraction of sp³-hybridized carbons (Fsp3) is 0.0952. The number of nitrogens with one attached hydrogen (secondary N) is 3. The normalized spacial score (nSPS) is 12.1. The van der Waals surface area contributed by atoms with Gasteiger partial charge in [0.15, 0.2) is 0 Å². The third kappa shape index (κ3) is 6.26. The molecule has 13 heteroatoms. The lowest BCUT2D eigenvalue weighted by atomic mass is 10.2. The Morgan fingerprint density at radius 2 is 1.18 bits per heavy atom. The highest BCUT2D eigenvalue weighted by Gasteiger charge is 2.30. The molecule has 0 aliphatic rings. The van der Waals surface area contributed by atoms with Gasteiger partial charge in [0, 0.05) is 24.0 Å². The smallest absolute Gasteiger partial charge is 0.326 e. The minimum atomic E-state index is -4.63. The van der Waals surface area contributed by atoms with Gasteiger partial charge in [-0.25, -0.2) is 16.8 Å². The van der Waals surface area contributed by atoms with Crippen LogP contribution in [-0.4, -0.2) is 22.7 Å². The van der Waals surface area contributed by atoms with Gasteiger partial charge in [-0.15, -0.1) is 0 Å². The average molecular weight is 514 g/mol. The number of sulfonamides is 2. The summed E-state index contributed by atoms with van der Waals surface area (Å²) in [5.74, 6) is -0.314. The van der Waals surface area contributed by atoms with Gasteiger partial charge in [0.05, 0.1) is 15.4 Å². The molecule has 3 aromatic rings. The molecule has 3 rings (SSSR count). The zero-order valence-corrected chi connectivity index (χ0v) is 19.1. The van der Waals surface area contributed by atoms with Crippen LogP contribution >= 0.6 is 0 Å². The van der Waals surface area contributed by atoms with E-state index < -0.39 is 31.8 Å². The second kappa shape index (κ2) is 9.35. The van der Waals surface area contributed by atoms with E-state index in [2.05, 4.69) is 14.8 Å². The molecule has 0 aliphatic heterocycles. The molecule has 34 heavy (non-hydrogen) atoms. The minimum Gasteiger partial charge on any atom is -0.326 e. The van der Waals surface area contributed by atoms with Crippen molar-refractivity contribution in [1.82, 2.24) is 0 Å². The van der Waals surface area contributed by atoms with Gasteiger partial charge in [0.25, 0.3) is 20.0 Å². The summed E-state index contributed by atoms with van der Waals surface area (Å²) in [7, 11) is -8.24. The first kappa shape index (κ1) is 25.1. The number of halogens is 3. The maximum absolute atomic E-state index is 12.8. The van der Waals surface area contributed by atoms with Crippen LogP contribution in [0.5, 0.6) is 0 Å². The Balaban J connectivity index is 1.74. The van der Waals surface area contributed by atoms with Gasteiger partial charge in [-0.05, 0) is 66.7 Å². The van der Waals surface area contributed by atoms with Gasteiger partial charge in [0.2, 0.25) is 5.91 Å². The first-order valence-electron chi connectivity index (χ1n) is 9.47. The van der Waals surface area contributed by atoms with Gasteiger partial charge in [0.1, 0.15) is 0 Å². The number of benzene rings is 3. The van der Waals surface area contributed by atoms with Crippen molar-refractivity contribution >= 4 is 43.0 Å². The molecule has 0 aliphatic carbocycles. The summed E-state index contributed by atoms with van der Waals surface area (Å²) in [4.78, 5) is 10.7. The number of hydrogen-bond donors (Lipinski definition) is 3. The molecule has 0 unspecified atom stereocenters. The number of carbonyl (C=O) groups is 1. The van der Waals surface area contributed by atoms with E-state index in [9.17, 15) is 34.8 Å². The molecule has 0 heterocycles. The van der Waals surface area contributed by atoms with Crippen LogP contribution in [0, 0.1) is 0 Å². The maximum atomic E-state index is 12.8. The second-order valence-corrected chi connectivity index (χ2v) is 10.4. The monoisotopic (exact) mass is 513 g/mol. The third-order valence-corrected chi connectivity index (χ3v) is 7.14. The number of amides is 1.